The lowest BCUT2D eigenvalue weighted by Crippen LogP contribution is -2.23. The van der Waals surface area contributed by atoms with Crippen LogP contribution in [-0.2, 0) is 11.3 Å². The molecule has 0 unspecified atom stereocenters. The van der Waals surface area contributed by atoms with Gasteiger partial charge >= 0.3 is 0 Å². The van der Waals surface area contributed by atoms with Crippen molar-refractivity contribution in [1.82, 2.24) is 4.90 Å². The Kier molecular flexibility index (Phi) is 6.76. The Hall–Kier alpha value is -2.73. The van der Waals surface area contributed by atoms with Gasteiger partial charge in [-0.15, -0.1) is 0 Å². The Labute approximate surface area is 166 Å². The highest BCUT2D eigenvalue weighted by atomic mass is 16.5. The van der Waals surface area contributed by atoms with Gasteiger partial charge in [0.2, 0.25) is 0 Å². The summed E-state index contributed by atoms with van der Waals surface area (Å²) in [4.78, 5) is 13.5. The fourth-order valence-corrected chi connectivity index (χ4v) is 3.64. The molecule has 6 heteroatoms. The van der Waals surface area contributed by atoms with Crippen LogP contribution >= 0.6 is 0 Å². The number of rotatable bonds is 9. The number of hydrogen-bond donors (Lipinski definition) is 1. The van der Waals surface area contributed by atoms with Crippen LogP contribution in [0, 0.1) is 0 Å². The second-order valence-electron chi connectivity index (χ2n) is 6.87. The topological polar surface area (TPSA) is 74.0 Å². The Bertz CT molecular complexity index is 792. The summed E-state index contributed by atoms with van der Waals surface area (Å²) in [5.41, 5.74) is 7.63. The molecule has 3 rings (SSSR count). The number of amides is 1. The van der Waals surface area contributed by atoms with Gasteiger partial charge in [-0.3, -0.25) is 9.69 Å². The third-order valence-electron chi connectivity index (χ3n) is 4.93. The molecule has 1 fully saturated rings. The molecule has 2 N–H and O–H groups in total. The molecule has 28 heavy (non-hydrogen) atoms. The zero-order valence-corrected chi connectivity index (χ0v) is 16.5. The fraction of sp³-hybridized carbons (Fsp3) is 0.409. The SMILES string of the molecule is CCOc1cc(CN2CCC[C@H]2c2ccc(OC)cc2)ccc1OCC(N)=O. The van der Waals surface area contributed by atoms with Crippen LogP contribution in [0.1, 0.15) is 36.9 Å². The van der Waals surface area contributed by atoms with Crippen molar-refractivity contribution in [3.05, 3.63) is 53.6 Å². The molecular formula is C22H28N2O4. The van der Waals surface area contributed by atoms with Crippen LogP contribution in [0.5, 0.6) is 17.2 Å². The van der Waals surface area contributed by atoms with Crippen LogP contribution in [0.3, 0.4) is 0 Å². The molecule has 1 saturated heterocycles. The molecular weight excluding hydrogens is 356 g/mol. The van der Waals surface area contributed by atoms with E-state index in [1.165, 1.54) is 12.0 Å². The van der Waals surface area contributed by atoms with Crippen molar-refractivity contribution >= 4 is 5.91 Å². The summed E-state index contributed by atoms with van der Waals surface area (Å²) in [5.74, 6) is 1.55. The summed E-state index contributed by atoms with van der Waals surface area (Å²) >= 11 is 0. The van der Waals surface area contributed by atoms with Crippen LogP contribution in [0.25, 0.3) is 0 Å². The first kappa shape index (κ1) is 20.0. The number of benzene rings is 2. The highest BCUT2D eigenvalue weighted by molar-refractivity contribution is 5.75. The van der Waals surface area contributed by atoms with Crippen LogP contribution < -0.4 is 19.9 Å². The summed E-state index contributed by atoms with van der Waals surface area (Å²) in [7, 11) is 1.68. The van der Waals surface area contributed by atoms with Crippen LogP contribution in [0.2, 0.25) is 0 Å². The number of primary amides is 1. The summed E-state index contributed by atoms with van der Waals surface area (Å²) < 4.78 is 16.4. The number of likely N-dealkylation sites (tertiary alicyclic amines) is 1. The molecule has 6 nitrogen and oxygen atoms in total. The molecule has 0 aromatic heterocycles. The van der Waals surface area contributed by atoms with E-state index in [1.807, 2.05) is 37.3 Å². The van der Waals surface area contributed by atoms with Gasteiger partial charge in [-0.2, -0.15) is 0 Å². The zero-order chi connectivity index (χ0) is 19.9. The Balaban J connectivity index is 1.73. The molecule has 1 heterocycles. The van der Waals surface area contributed by atoms with Crippen molar-refractivity contribution in [2.24, 2.45) is 5.73 Å². The van der Waals surface area contributed by atoms with Crippen LogP contribution in [0.4, 0.5) is 0 Å². The summed E-state index contributed by atoms with van der Waals surface area (Å²) in [6, 6.07) is 14.6. The molecule has 1 amide bonds. The van der Waals surface area contributed by atoms with E-state index in [2.05, 4.69) is 17.0 Å². The van der Waals surface area contributed by atoms with E-state index in [9.17, 15) is 4.79 Å². The van der Waals surface area contributed by atoms with Crippen molar-refractivity contribution in [3.8, 4) is 17.2 Å². The minimum absolute atomic E-state index is 0.162. The monoisotopic (exact) mass is 384 g/mol. The number of methoxy groups -OCH3 is 1. The standard InChI is InChI=1S/C22H28N2O4/c1-3-27-21-13-16(6-11-20(21)28-15-22(23)25)14-24-12-4-5-19(24)17-7-9-18(26-2)10-8-17/h6-11,13,19H,3-5,12,14-15H2,1-2H3,(H2,23,25)/t19-/m0/s1. The van der Waals surface area contributed by atoms with Crippen molar-refractivity contribution < 1.29 is 19.0 Å². The van der Waals surface area contributed by atoms with Gasteiger partial charge in [-0.05, 0) is 61.7 Å². The zero-order valence-electron chi connectivity index (χ0n) is 16.5. The van der Waals surface area contributed by atoms with E-state index in [0.29, 0.717) is 24.1 Å². The highest BCUT2D eigenvalue weighted by Gasteiger charge is 2.26. The molecule has 0 radical (unpaired) electrons. The van der Waals surface area contributed by atoms with Crippen molar-refractivity contribution in [1.29, 1.82) is 0 Å². The third-order valence-corrected chi connectivity index (χ3v) is 4.93. The molecule has 1 aliphatic heterocycles. The maximum absolute atomic E-state index is 11.0. The second kappa shape index (κ2) is 9.46. The molecule has 2 aromatic rings. The Morgan fingerprint density at radius 3 is 2.61 bits per heavy atom. The molecule has 0 bridgehead atoms. The summed E-state index contributed by atoms with van der Waals surface area (Å²) in [6.45, 7) is 4.16. The predicted molar refractivity (Wildman–Crippen MR) is 108 cm³/mol. The quantitative estimate of drug-likeness (QED) is 0.718. The predicted octanol–water partition coefficient (Wildman–Crippen LogP) is 3.30. The third kappa shape index (κ3) is 4.95. The van der Waals surface area contributed by atoms with Gasteiger partial charge in [0.15, 0.2) is 18.1 Å². The Morgan fingerprint density at radius 1 is 1.14 bits per heavy atom. The number of nitrogens with two attached hydrogens (primary N) is 1. The fourth-order valence-electron chi connectivity index (χ4n) is 3.64. The van der Waals surface area contributed by atoms with Gasteiger partial charge in [-0.25, -0.2) is 0 Å². The van der Waals surface area contributed by atoms with E-state index >= 15 is 0 Å². The minimum atomic E-state index is -0.508. The summed E-state index contributed by atoms with van der Waals surface area (Å²) in [6.07, 6.45) is 2.32. The summed E-state index contributed by atoms with van der Waals surface area (Å²) in [5, 5.41) is 0. The van der Waals surface area contributed by atoms with Gasteiger partial charge in [0, 0.05) is 12.6 Å². The number of nitrogens with zero attached hydrogens (tertiary/aromatic N) is 1. The number of carbonyl (C=O) groups is 1. The molecule has 1 atom stereocenters. The highest BCUT2D eigenvalue weighted by Crippen LogP contribution is 2.35. The van der Waals surface area contributed by atoms with E-state index in [4.69, 9.17) is 19.9 Å². The molecule has 1 aliphatic rings. The minimum Gasteiger partial charge on any atom is -0.497 e. The number of carbonyl (C=O) groups excluding carboxylic acids is 1. The molecule has 150 valence electrons. The first-order valence-corrected chi connectivity index (χ1v) is 9.65. The van der Waals surface area contributed by atoms with Gasteiger partial charge in [0.25, 0.3) is 5.91 Å². The van der Waals surface area contributed by atoms with Gasteiger partial charge < -0.3 is 19.9 Å². The molecule has 0 saturated carbocycles. The largest absolute Gasteiger partial charge is 0.497 e. The maximum atomic E-state index is 11.0. The average Bonchev–Trinajstić information content (AvgIpc) is 3.15. The second-order valence-corrected chi connectivity index (χ2v) is 6.87. The van der Waals surface area contributed by atoms with E-state index < -0.39 is 5.91 Å². The molecule has 0 spiro atoms. The lowest BCUT2D eigenvalue weighted by molar-refractivity contribution is -0.119. The lowest BCUT2D eigenvalue weighted by Gasteiger charge is -2.25. The van der Waals surface area contributed by atoms with E-state index in [0.717, 1.165) is 30.8 Å². The first-order chi connectivity index (χ1) is 13.6. The molecule has 2 aromatic carbocycles. The first-order valence-electron chi connectivity index (χ1n) is 9.65. The lowest BCUT2D eigenvalue weighted by atomic mass is 10.0. The van der Waals surface area contributed by atoms with Crippen molar-refractivity contribution in [3.63, 3.8) is 0 Å². The van der Waals surface area contributed by atoms with Crippen LogP contribution in [-0.4, -0.2) is 37.7 Å². The van der Waals surface area contributed by atoms with E-state index in [1.54, 1.807) is 7.11 Å². The number of hydrogen-bond acceptors (Lipinski definition) is 5. The maximum Gasteiger partial charge on any atom is 0.255 e. The average molecular weight is 384 g/mol. The van der Waals surface area contributed by atoms with E-state index in [-0.39, 0.29) is 6.61 Å². The normalized spacial score (nSPS) is 16.7. The smallest absolute Gasteiger partial charge is 0.255 e. The Morgan fingerprint density at radius 2 is 1.93 bits per heavy atom. The van der Waals surface area contributed by atoms with Gasteiger partial charge in [-0.1, -0.05) is 18.2 Å². The molecule has 0 aliphatic carbocycles. The number of ether oxygens (including phenoxy) is 3. The van der Waals surface area contributed by atoms with Gasteiger partial charge in [0.1, 0.15) is 5.75 Å². The van der Waals surface area contributed by atoms with Crippen LogP contribution in [0.15, 0.2) is 42.5 Å². The van der Waals surface area contributed by atoms with Crippen molar-refractivity contribution in [2.45, 2.75) is 32.4 Å². The van der Waals surface area contributed by atoms with Gasteiger partial charge in [0.05, 0.1) is 13.7 Å². The van der Waals surface area contributed by atoms with Crippen molar-refractivity contribution in [2.75, 3.05) is 26.9 Å².